The average Bonchev–Trinajstić information content (AvgIpc) is 2.48. The molecule has 0 aromatic heterocycles. The Morgan fingerprint density at radius 3 is 2.19 bits per heavy atom. The van der Waals surface area contributed by atoms with Crippen molar-refractivity contribution in [3.63, 3.8) is 0 Å². The predicted octanol–water partition coefficient (Wildman–Crippen LogP) is 1.91. The molecule has 0 unspecified atom stereocenters. The highest BCUT2D eigenvalue weighted by atomic mass is 19.1. The van der Waals surface area contributed by atoms with Crippen LogP contribution in [0.4, 0.5) is 8.78 Å². The molecule has 1 heterocycles. The minimum Gasteiger partial charge on any atom is -0.339 e. The van der Waals surface area contributed by atoms with E-state index in [4.69, 9.17) is 0 Å². The van der Waals surface area contributed by atoms with Crippen molar-refractivity contribution in [3.05, 3.63) is 35.4 Å². The van der Waals surface area contributed by atoms with E-state index in [2.05, 4.69) is 0 Å². The molecule has 0 bridgehead atoms. The molecule has 1 aromatic carbocycles. The molecule has 1 fully saturated rings. The van der Waals surface area contributed by atoms with Crippen LogP contribution in [0.5, 0.6) is 0 Å². The molecule has 0 atom stereocenters. The molecule has 0 aliphatic carbocycles. The summed E-state index contributed by atoms with van der Waals surface area (Å²) < 4.78 is 26.7. The maximum absolute atomic E-state index is 13.6. The summed E-state index contributed by atoms with van der Waals surface area (Å²) >= 11 is 0. The summed E-state index contributed by atoms with van der Waals surface area (Å²) in [7, 11) is 0. The van der Waals surface area contributed by atoms with Crippen molar-refractivity contribution in [2.24, 2.45) is 5.92 Å². The number of nitrogens with zero attached hydrogens (tertiary/aromatic N) is 2. The maximum atomic E-state index is 13.6. The summed E-state index contributed by atoms with van der Waals surface area (Å²) in [5.41, 5.74) is -0.265. The maximum Gasteiger partial charge on any atom is 0.257 e. The Kier molecular flexibility index (Phi) is 4.55. The van der Waals surface area contributed by atoms with E-state index in [1.807, 2.05) is 13.8 Å². The molecule has 21 heavy (non-hydrogen) atoms. The molecule has 0 N–H and O–H groups in total. The van der Waals surface area contributed by atoms with Crippen molar-refractivity contribution >= 4 is 11.8 Å². The van der Waals surface area contributed by atoms with Gasteiger partial charge in [0.05, 0.1) is 5.56 Å². The van der Waals surface area contributed by atoms with E-state index in [0.717, 1.165) is 18.2 Å². The standard InChI is InChI=1S/C15H18F2N2O2/c1-10(2)14(20)18-5-7-19(8-6-18)15(21)12-9-11(16)3-4-13(12)17/h3-4,9-10H,5-8H2,1-2H3. The lowest BCUT2D eigenvalue weighted by molar-refractivity contribution is -0.135. The van der Waals surface area contributed by atoms with Gasteiger partial charge in [0.2, 0.25) is 5.91 Å². The van der Waals surface area contributed by atoms with Crippen LogP contribution in [0.25, 0.3) is 0 Å². The van der Waals surface area contributed by atoms with E-state index in [9.17, 15) is 18.4 Å². The fourth-order valence-corrected chi connectivity index (χ4v) is 2.33. The van der Waals surface area contributed by atoms with Crippen molar-refractivity contribution in [1.29, 1.82) is 0 Å². The third-order valence-corrected chi connectivity index (χ3v) is 3.53. The van der Waals surface area contributed by atoms with Crippen LogP contribution in [-0.2, 0) is 4.79 Å². The lowest BCUT2D eigenvalue weighted by Crippen LogP contribution is -2.51. The van der Waals surface area contributed by atoms with E-state index >= 15 is 0 Å². The third-order valence-electron chi connectivity index (χ3n) is 3.53. The zero-order valence-electron chi connectivity index (χ0n) is 12.1. The molecule has 1 aliphatic heterocycles. The van der Waals surface area contributed by atoms with Crippen LogP contribution in [0.3, 0.4) is 0 Å². The second-order valence-electron chi connectivity index (χ2n) is 5.40. The first-order valence-corrected chi connectivity index (χ1v) is 6.93. The van der Waals surface area contributed by atoms with Crippen molar-refractivity contribution < 1.29 is 18.4 Å². The fourth-order valence-electron chi connectivity index (χ4n) is 2.33. The molecular weight excluding hydrogens is 278 g/mol. The Morgan fingerprint density at radius 1 is 1.05 bits per heavy atom. The average molecular weight is 296 g/mol. The molecule has 1 aromatic rings. The molecule has 2 rings (SSSR count). The zero-order valence-corrected chi connectivity index (χ0v) is 12.1. The Balaban J connectivity index is 2.03. The van der Waals surface area contributed by atoms with Crippen molar-refractivity contribution in [3.8, 4) is 0 Å². The number of amides is 2. The molecule has 0 saturated carbocycles. The van der Waals surface area contributed by atoms with E-state index in [0.29, 0.717) is 26.2 Å². The van der Waals surface area contributed by atoms with Gasteiger partial charge in [-0.2, -0.15) is 0 Å². The second kappa shape index (κ2) is 6.20. The fraction of sp³-hybridized carbons (Fsp3) is 0.467. The van der Waals surface area contributed by atoms with Gasteiger partial charge in [-0.05, 0) is 18.2 Å². The van der Waals surface area contributed by atoms with Crippen LogP contribution in [0.1, 0.15) is 24.2 Å². The van der Waals surface area contributed by atoms with Gasteiger partial charge < -0.3 is 9.80 Å². The minimum absolute atomic E-state index is 0.0408. The van der Waals surface area contributed by atoms with Crippen molar-refractivity contribution in [1.82, 2.24) is 9.80 Å². The van der Waals surface area contributed by atoms with Crippen LogP contribution >= 0.6 is 0 Å². The molecule has 1 saturated heterocycles. The van der Waals surface area contributed by atoms with Crippen LogP contribution in [-0.4, -0.2) is 47.8 Å². The molecule has 1 aliphatic rings. The number of benzene rings is 1. The van der Waals surface area contributed by atoms with E-state index in [1.165, 1.54) is 4.90 Å². The first kappa shape index (κ1) is 15.4. The minimum atomic E-state index is -0.734. The van der Waals surface area contributed by atoms with Crippen molar-refractivity contribution in [2.45, 2.75) is 13.8 Å². The number of hydrogen-bond acceptors (Lipinski definition) is 2. The highest BCUT2D eigenvalue weighted by Crippen LogP contribution is 2.15. The van der Waals surface area contributed by atoms with Crippen LogP contribution in [0.15, 0.2) is 18.2 Å². The number of hydrogen-bond donors (Lipinski definition) is 0. The molecule has 0 spiro atoms. The SMILES string of the molecule is CC(C)C(=O)N1CCN(C(=O)c2cc(F)ccc2F)CC1. The largest absolute Gasteiger partial charge is 0.339 e. The van der Waals surface area contributed by atoms with Crippen LogP contribution in [0, 0.1) is 17.6 Å². The van der Waals surface area contributed by atoms with Gasteiger partial charge >= 0.3 is 0 Å². The highest BCUT2D eigenvalue weighted by molar-refractivity contribution is 5.94. The Morgan fingerprint density at radius 2 is 1.62 bits per heavy atom. The predicted molar refractivity (Wildman–Crippen MR) is 73.7 cm³/mol. The smallest absolute Gasteiger partial charge is 0.257 e. The quantitative estimate of drug-likeness (QED) is 0.836. The monoisotopic (exact) mass is 296 g/mol. The molecule has 2 amide bonds. The van der Waals surface area contributed by atoms with Gasteiger partial charge in [-0.3, -0.25) is 9.59 Å². The Labute approximate surface area is 122 Å². The number of halogens is 2. The van der Waals surface area contributed by atoms with Gasteiger partial charge in [-0.15, -0.1) is 0 Å². The highest BCUT2D eigenvalue weighted by Gasteiger charge is 2.27. The van der Waals surface area contributed by atoms with Gasteiger partial charge in [0.25, 0.3) is 5.91 Å². The number of piperazine rings is 1. The van der Waals surface area contributed by atoms with E-state index in [-0.39, 0.29) is 17.4 Å². The summed E-state index contributed by atoms with van der Waals surface area (Å²) in [4.78, 5) is 27.2. The van der Waals surface area contributed by atoms with Crippen LogP contribution < -0.4 is 0 Å². The van der Waals surface area contributed by atoms with E-state index < -0.39 is 17.5 Å². The lowest BCUT2D eigenvalue weighted by atomic mass is 10.1. The molecule has 4 nitrogen and oxygen atoms in total. The number of carbonyl (C=O) groups is 2. The Hall–Kier alpha value is -1.98. The number of carbonyl (C=O) groups excluding carboxylic acids is 2. The molecule has 0 radical (unpaired) electrons. The normalized spacial score (nSPS) is 15.5. The molecule has 6 heteroatoms. The summed E-state index contributed by atoms with van der Waals surface area (Å²) in [5.74, 6) is -1.97. The topological polar surface area (TPSA) is 40.6 Å². The number of rotatable bonds is 2. The van der Waals surface area contributed by atoms with Gasteiger partial charge in [0.15, 0.2) is 0 Å². The van der Waals surface area contributed by atoms with Crippen molar-refractivity contribution in [2.75, 3.05) is 26.2 Å². The molecular formula is C15H18F2N2O2. The zero-order chi connectivity index (χ0) is 15.6. The summed E-state index contributed by atoms with van der Waals surface area (Å²) in [6, 6.07) is 2.83. The van der Waals surface area contributed by atoms with Crippen LogP contribution in [0.2, 0.25) is 0 Å². The lowest BCUT2D eigenvalue weighted by Gasteiger charge is -2.35. The summed E-state index contributed by atoms with van der Waals surface area (Å²) in [5, 5.41) is 0. The van der Waals surface area contributed by atoms with E-state index in [1.54, 1.807) is 4.90 Å². The Bertz CT molecular complexity index is 553. The van der Waals surface area contributed by atoms with Gasteiger partial charge in [-0.25, -0.2) is 8.78 Å². The second-order valence-corrected chi connectivity index (χ2v) is 5.40. The first-order valence-electron chi connectivity index (χ1n) is 6.93. The summed E-state index contributed by atoms with van der Waals surface area (Å²) in [6.07, 6.45) is 0. The van der Waals surface area contributed by atoms with Gasteiger partial charge in [-0.1, -0.05) is 13.8 Å². The van der Waals surface area contributed by atoms with Gasteiger partial charge in [0.1, 0.15) is 11.6 Å². The first-order chi connectivity index (χ1) is 9.90. The van der Waals surface area contributed by atoms with Gasteiger partial charge in [0, 0.05) is 32.1 Å². The third kappa shape index (κ3) is 3.37. The molecule has 114 valence electrons. The summed E-state index contributed by atoms with van der Waals surface area (Å²) in [6.45, 7) is 5.13.